The topological polar surface area (TPSA) is 59.8 Å². The molecule has 0 saturated carbocycles. The van der Waals surface area contributed by atoms with Gasteiger partial charge in [0.05, 0.1) is 5.75 Å². The van der Waals surface area contributed by atoms with Crippen molar-refractivity contribution in [1.82, 2.24) is 14.8 Å². The van der Waals surface area contributed by atoms with Crippen LogP contribution in [0.2, 0.25) is 5.02 Å². The first-order valence-corrected chi connectivity index (χ1v) is 9.20. The Hall–Kier alpha value is -2.31. The van der Waals surface area contributed by atoms with E-state index in [4.69, 9.17) is 11.6 Å². The monoisotopic (exact) mass is 372 g/mol. The molecule has 0 aliphatic carbocycles. The Kier molecular flexibility index (Phi) is 5.73. The Morgan fingerprint density at radius 3 is 2.52 bits per heavy atom. The number of para-hydroxylation sites is 1. The molecule has 0 atom stereocenters. The number of amides is 1. The number of thioether (sulfide) groups is 1. The first kappa shape index (κ1) is 17.5. The van der Waals surface area contributed by atoms with Crippen molar-refractivity contribution < 1.29 is 4.79 Å². The van der Waals surface area contributed by atoms with Crippen LogP contribution in [-0.2, 0) is 11.3 Å². The number of hydrogen-bond donors (Lipinski definition) is 1. The van der Waals surface area contributed by atoms with Gasteiger partial charge in [0.15, 0.2) is 11.0 Å². The number of aromatic nitrogens is 3. The van der Waals surface area contributed by atoms with Gasteiger partial charge in [0.25, 0.3) is 0 Å². The lowest BCUT2D eigenvalue weighted by molar-refractivity contribution is -0.113. The molecule has 1 heterocycles. The second kappa shape index (κ2) is 8.18. The van der Waals surface area contributed by atoms with E-state index in [-0.39, 0.29) is 11.7 Å². The second-order valence-electron chi connectivity index (χ2n) is 5.26. The van der Waals surface area contributed by atoms with E-state index < -0.39 is 0 Å². The molecule has 0 bridgehead atoms. The zero-order valence-electron chi connectivity index (χ0n) is 13.6. The molecule has 1 aromatic heterocycles. The van der Waals surface area contributed by atoms with Crippen LogP contribution in [0.15, 0.2) is 59.8 Å². The molecule has 5 nitrogen and oxygen atoms in total. The van der Waals surface area contributed by atoms with Crippen LogP contribution in [0.5, 0.6) is 0 Å². The highest BCUT2D eigenvalue weighted by Crippen LogP contribution is 2.25. The summed E-state index contributed by atoms with van der Waals surface area (Å²) in [6, 6.07) is 16.9. The van der Waals surface area contributed by atoms with E-state index in [1.54, 1.807) is 0 Å². The Morgan fingerprint density at radius 2 is 1.84 bits per heavy atom. The van der Waals surface area contributed by atoms with Crippen molar-refractivity contribution >= 4 is 35.0 Å². The van der Waals surface area contributed by atoms with E-state index >= 15 is 0 Å². The molecule has 1 N–H and O–H groups in total. The zero-order chi connectivity index (χ0) is 17.6. The highest BCUT2D eigenvalue weighted by Gasteiger charge is 2.14. The van der Waals surface area contributed by atoms with Gasteiger partial charge in [-0.2, -0.15) is 0 Å². The van der Waals surface area contributed by atoms with Crippen LogP contribution in [0, 0.1) is 0 Å². The van der Waals surface area contributed by atoms with E-state index in [2.05, 4.69) is 15.5 Å². The number of carbonyl (C=O) groups is 1. The van der Waals surface area contributed by atoms with E-state index in [0.717, 1.165) is 22.2 Å². The third-order valence-electron chi connectivity index (χ3n) is 3.53. The number of carbonyl (C=O) groups excluding carboxylic acids is 1. The number of benzene rings is 2. The number of nitrogens with zero attached hydrogens (tertiary/aromatic N) is 3. The molecule has 25 heavy (non-hydrogen) atoms. The number of hydrogen-bond acceptors (Lipinski definition) is 4. The lowest BCUT2D eigenvalue weighted by Gasteiger charge is -2.08. The average molecular weight is 373 g/mol. The molecule has 2 aromatic carbocycles. The molecule has 0 radical (unpaired) electrons. The first-order valence-electron chi connectivity index (χ1n) is 7.84. The number of anilines is 1. The van der Waals surface area contributed by atoms with Crippen molar-refractivity contribution in [2.45, 2.75) is 18.6 Å². The number of nitrogens with one attached hydrogen (secondary N) is 1. The van der Waals surface area contributed by atoms with Crippen molar-refractivity contribution in [3.63, 3.8) is 0 Å². The lowest BCUT2D eigenvalue weighted by Crippen LogP contribution is -2.14. The first-order chi connectivity index (χ1) is 12.2. The van der Waals surface area contributed by atoms with Gasteiger partial charge in [0, 0.05) is 22.8 Å². The van der Waals surface area contributed by atoms with E-state index in [0.29, 0.717) is 11.6 Å². The lowest BCUT2D eigenvalue weighted by atomic mass is 10.2. The number of halogens is 1. The summed E-state index contributed by atoms with van der Waals surface area (Å²) in [6.07, 6.45) is 0. The second-order valence-corrected chi connectivity index (χ2v) is 6.64. The fourth-order valence-electron chi connectivity index (χ4n) is 2.34. The van der Waals surface area contributed by atoms with Crippen molar-refractivity contribution in [2.75, 3.05) is 11.1 Å². The molecule has 0 aliphatic rings. The Labute approximate surface area is 155 Å². The summed E-state index contributed by atoms with van der Waals surface area (Å²) in [5.41, 5.74) is 1.73. The smallest absolute Gasteiger partial charge is 0.234 e. The van der Waals surface area contributed by atoms with E-state index in [1.807, 2.05) is 66.1 Å². The summed E-state index contributed by atoms with van der Waals surface area (Å²) in [4.78, 5) is 12.1. The molecule has 0 unspecified atom stereocenters. The maximum Gasteiger partial charge on any atom is 0.234 e. The van der Waals surface area contributed by atoms with Crippen LogP contribution >= 0.6 is 23.4 Å². The quantitative estimate of drug-likeness (QED) is 0.653. The predicted molar refractivity (Wildman–Crippen MR) is 102 cm³/mol. The summed E-state index contributed by atoms with van der Waals surface area (Å²) < 4.78 is 1.99. The molecule has 7 heteroatoms. The summed E-state index contributed by atoms with van der Waals surface area (Å²) >= 11 is 7.31. The van der Waals surface area contributed by atoms with Gasteiger partial charge in [-0.25, -0.2) is 0 Å². The van der Waals surface area contributed by atoms with Crippen LogP contribution in [0.1, 0.15) is 6.92 Å². The summed E-state index contributed by atoms with van der Waals surface area (Å²) in [5.74, 6) is 0.966. The Bertz CT molecular complexity index is 849. The molecule has 0 aliphatic heterocycles. The van der Waals surface area contributed by atoms with Crippen molar-refractivity contribution in [1.29, 1.82) is 0 Å². The fraction of sp³-hybridized carbons (Fsp3) is 0.167. The molecule has 1 amide bonds. The molecule has 3 aromatic rings. The van der Waals surface area contributed by atoms with Gasteiger partial charge in [-0.1, -0.05) is 41.6 Å². The molecular weight excluding hydrogens is 356 g/mol. The largest absolute Gasteiger partial charge is 0.325 e. The normalized spacial score (nSPS) is 10.6. The summed E-state index contributed by atoms with van der Waals surface area (Å²) in [5, 5.41) is 12.8. The van der Waals surface area contributed by atoms with Gasteiger partial charge < -0.3 is 9.88 Å². The predicted octanol–water partition coefficient (Wildman–Crippen LogP) is 4.35. The average Bonchev–Trinajstić information content (AvgIpc) is 3.04. The third kappa shape index (κ3) is 4.41. The molecule has 0 fully saturated rings. The molecule has 3 rings (SSSR count). The highest BCUT2D eigenvalue weighted by atomic mass is 35.5. The third-order valence-corrected chi connectivity index (χ3v) is 4.74. The van der Waals surface area contributed by atoms with Gasteiger partial charge >= 0.3 is 0 Å². The fourth-order valence-corrected chi connectivity index (χ4v) is 3.27. The van der Waals surface area contributed by atoms with E-state index in [9.17, 15) is 4.79 Å². The van der Waals surface area contributed by atoms with Crippen LogP contribution in [-0.4, -0.2) is 26.4 Å². The Morgan fingerprint density at radius 1 is 1.12 bits per heavy atom. The minimum atomic E-state index is -0.0742. The minimum Gasteiger partial charge on any atom is -0.325 e. The standard InChI is InChI=1S/C18H17ClN4OS/c1-2-23-17(13-8-10-14(19)11-9-13)21-22-18(23)25-12-16(24)20-15-6-4-3-5-7-15/h3-11H,2,12H2,1H3,(H,20,24). The minimum absolute atomic E-state index is 0.0742. The van der Waals surface area contributed by atoms with Crippen LogP contribution < -0.4 is 5.32 Å². The zero-order valence-corrected chi connectivity index (χ0v) is 15.2. The van der Waals surface area contributed by atoms with Crippen LogP contribution in [0.25, 0.3) is 11.4 Å². The van der Waals surface area contributed by atoms with Gasteiger partial charge in [-0.05, 0) is 43.3 Å². The van der Waals surface area contributed by atoms with Gasteiger partial charge in [-0.15, -0.1) is 10.2 Å². The molecule has 0 saturated heterocycles. The SMILES string of the molecule is CCn1c(SCC(=O)Nc2ccccc2)nnc1-c1ccc(Cl)cc1. The summed E-state index contributed by atoms with van der Waals surface area (Å²) in [7, 11) is 0. The highest BCUT2D eigenvalue weighted by molar-refractivity contribution is 7.99. The molecule has 128 valence electrons. The Balaban J connectivity index is 1.69. The van der Waals surface area contributed by atoms with Crippen molar-refractivity contribution in [3.05, 3.63) is 59.6 Å². The van der Waals surface area contributed by atoms with E-state index in [1.165, 1.54) is 11.8 Å². The van der Waals surface area contributed by atoms with Gasteiger partial charge in [-0.3, -0.25) is 4.79 Å². The van der Waals surface area contributed by atoms with Crippen molar-refractivity contribution in [3.8, 4) is 11.4 Å². The molecule has 0 spiro atoms. The molecular formula is C18H17ClN4OS. The summed E-state index contributed by atoms with van der Waals surface area (Å²) in [6.45, 7) is 2.74. The van der Waals surface area contributed by atoms with Crippen LogP contribution in [0.3, 0.4) is 0 Å². The van der Waals surface area contributed by atoms with Gasteiger partial charge in [0.1, 0.15) is 0 Å². The maximum atomic E-state index is 12.1. The van der Waals surface area contributed by atoms with Crippen LogP contribution in [0.4, 0.5) is 5.69 Å². The van der Waals surface area contributed by atoms with Gasteiger partial charge in [0.2, 0.25) is 5.91 Å². The maximum absolute atomic E-state index is 12.1. The van der Waals surface area contributed by atoms with Crippen molar-refractivity contribution in [2.24, 2.45) is 0 Å². The number of rotatable bonds is 6.